The Morgan fingerprint density at radius 2 is 1.79 bits per heavy atom. The Morgan fingerprint density at radius 3 is 2.52 bits per heavy atom. The average molecular weight is 507 g/mol. The van der Waals surface area contributed by atoms with Gasteiger partial charge >= 0.3 is 0 Å². The summed E-state index contributed by atoms with van der Waals surface area (Å²) in [5.74, 6) is 0.266. The van der Waals surface area contributed by atoms with Gasteiger partial charge in [-0.15, -0.1) is 0 Å². The second-order valence-corrected chi connectivity index (χ2v) is 9.85. The fraction of sp³-hybridized carbons (Fsp3) is 0.208. The normalized spacial score (nSPS) is 13.6. The summed E-state index contributed by atoms with van der Waals surface area (Å²) in [5, 5.41) is 3.68. The summed E-state index contributed by atoms with van der Waals surface area (Å²) in [6, 6.07) is 17.0. The zero-order valence-corrected chi connectivity index (χ0v) is 19.2. The number of hydrogen-bond donors (Lipinski definition) is 2. The topological polar surface area (TPSA) is 84.5 Å². The Balaban J connectivity index is 0.00000306. The number of para-hydroxylation sites is 1. The molecule has 2 aliphatic rings. The summed E-state index contributed by atoms with van der Waals surface area (Å²) in [4.78, 5) is 12.5. The van der Waals surface area contributed by atoms with Crippen LogP contribution in [0.15, 0.2) is 65.6 Å². The van der Waals surface area contributed by atoms with Crippen LogP contribution >= 0.6 is 23.2 Å². The Morgan fingerprint density at radius 1 is 1.03 bits per heavy atom. The van der Waals surface area contributed by atoms with E-state index < -0.39 is 10.0 Å². The first-order valence-corrected chi connectivity index (χ1v) is 12.1. The second kappa shape index (κ2) is 10.5. The Labute approximate surface area is 203 Å². The summed E-state index contributed by atoms with van der Waals surface area (Å²) in [6.07, 6.45) is 0.578. The van der Waals surface area contributed by atoms with E-state index in [4.69, 9.17) is 27.9 Å². The zero-order chi connectivity index (χ0) is 22.7. The molecule has 2 N–H and O–H groups in total. The largest absolute Gasteiger partial charge is 0.487 e. The molecule has 0 saturated carbocycles. The maximum Gasteiger partial charge on any atom is 0.262 e. The fourth-order valence-electron chi connectivity index (χ4n) is 3.37. The summed E-state index contributed by atoms with van der Waals surface area (Å²) >= 11 is 11.9. The van der Waals surface area contributed by atoms with Crippen molar-refractivity contribution in [2.75, 3.05) is 11.3 Å². The number of carbonyl (C=O) groups excluding carboxylic acids is 1. The van der Waals surface area contributed by atoms with Gasteiger partial charge in [-0.3, -0.25) is 9.52 Å². The number of anilines is 1. The third kappa shape index (κ3) is 5.99. The highest BCUT2D eigenvalue weighted by molar-refractivity contribution is 7.92. The van der Waals surface area contributed by atoms with E-state index in [0.717, 1.165) is 16.7 Å². The SMILES string of the molecule is C.O=C(Cc1ccc(Cl)c(Cl)c1)NCCc1cccc2c1NS(=O)(=O)c1ccc(cc1)CO2. The van der Waals surface area contributed by atoms with Gasteiger partial charge in [-0.1, -0.05) is 61.0 Å². The molecule has 174 valence electrons. The van der Waals surface area contributed by atoms with Gasteiger partial charge in [0.15, 0.2) is 0 Å². The lowest BCUT2D eigenvalue weighted by Crippen LogP contribution is -2.27. The molecule has 0 saturated heterocycles. The van der Waals surface area contributed by atoms with Crippen LogP contribution in [0.25, 0.3) is 0 Å². The van der Waals surface area contributed by atoms with Crippen molar-refractivity contribution in [1.29, 1.82) is 0 Å². The predicted octanol–water partition coefficient (Wildman–Crippen LogP) is 5.22. The molecule has 0 spiro atoms. The van der Waals surface area contributed by atoms with Gasteiger partial charge in [0, 0.05) is 6.54 Å². The van der Waals surface area contributed by atoms with E-state index >= 15 is 0 Å². The van der Waals surface area contributed by atoms with Crippen LogP contribution in [0.4, 0.5) is 5.69 Å². The summed E-state index contributed by atoms with van der Waals surface area (Å²) < 4.78 is 34.2. The summed E-state index contributed by atoms with van der Waals surface area (Å²) in [5.41, 5.74) is 2.72. The molecule has 0 radical (unpaired) electrons. The molecule has 5 rings (SSSR count). The molecule has 6 nitrogen and oxygen atoms in total. The molecule has 2 bridgehead atoms. The first-order valence-electron chi connectivity index (χ1n) is 9.89. The highest BCUT2D eigenvalue weighted by atomic mass is 35.5. The molecule has 1 amide bonds. The molecule has 0 unspecified atom stereocenters. The fourth-order valence-corrected chi connectivity index (χ4v) is 4.81. The van der Waals surface area contributed by atoms with E-state index in [0.29, 0.717) is 41.1 Å². The Kier molecular flexibility index (Phi) is 7.89. The minimum atomic E-state index is -3.77. The first kappa shape index (κ1) is 24.9. The molecule has 2 heterocycles. The number of rotatable bonds is 5. The maximum atomic E-state index is 12.8. The average Bonchev–Trinajstić information content (AvgIpc) is 2.76. The molecule has 9 heteroatoms. The highest BCUT2D eigenvalue weighted by Crippen LogP contribution is 2.33. The van der Waals surface area contributed by atoms with Gasteiger partial charge in [0.25, 0.3) is 10.0 Å². The number of hydrogen-bond acceptors (Lipinski definition) is 4. The molecular formula is C24H24Cl2N2O4S. The van der Waals surface area contributed by atoms with Gasteiger partial charge in [0.05, 0.1) is 27.0 Å². The quantitative estimate of drug-likeness (QED) is 0.496. The molecule has 3 aromatic carbocycles. The predicted molar refractivity (Wildman–Crippen MR) is 132 cm³/mol. The van der Waals surface area contributed by atoms with E-state index in [1.807, 2.05) is 6.07 Å². The van der Waals surface area contributed by atoms with Crippen LogP contribution in [-0.4, -0.2) is 20.9 Å². The summed E-state index contributed by atoms with van der Waals surface area (Å²) in [6.45, 7) is 0.644. The molecule has 0 fully saturated rings. The van der Waals surface area contributed by atoms with Crippen molar-refractivity contribution < 1.29 is 17.9 Å². The van der Waals surface area contributed by atoms with Gasteiger partial charge < -0.3 is 10.1 Å². The smallest absolute Gasteiger partial charge is 0.262 e. The van der Waals surface area contributed by atoms with Gasteiger partial charge in [0.2, 0.25) is 5.91 Å². The molecule has 2 aliphatic heterocycles. The monoisotopic (exact) mass is 506 g/mol. The molecular weight excluding hydrogens is 483 g/mol. The van der Waals surface area contributed by atoms with E-state index in [1.54, 1.807) is 54.6 Å². The number of nitrogens with one attached hydrogen (secondary N) is 2. The van der Waals surface area contributed by atoms with Crippen molar-refractivity contribution in [3.8, 4) is 5.75 Å². The van der Waals surface area contributed by atoms with Gasteiger partial charge in [-0.25, -0.2) is 8.42 Å². The molecule has 0 aromatic heterocycles. The van der Waals surface area contributed by atoms with E-state index in [2.05, 4.69) is 10.0 Å². The third-order valence-corrected chi connectivity index (χ3v) is 7.15. The summed E-state index contributed by atoms with van der Waals surface area (Å²) in [7, 11) is -3.77. The zero-order valence-electron chi connectivity index (χ0n) is 16.9. The number of carbonyl (C=O) groups is 1. The van der Waals surface area contributed by atoms with E-state index in [-0.39, 0.29) is 24.7 Å². The van der Waals surface area contributed by atoms with Crippen molar-refractivity contribution in [1.82, 2.24) is 5.32 Å². The Bertz CT molecular complexity index is 1260. The molecule has 0 aliphatic carbocycles. The van der Waals surface area contributed by atoms with Crippen LogP contribution in [0.5, 0.6) is 5.75 Å². The van der Waals surface area contributed by atoms with Crippen LogP contribution < -0.4 is 14.8 Å². The van der Waals surface area contributed by atoms with Crippen LogP contribution in [-0.2, 0) is 34.3 Å². The van der Waals surface area contributed by atoms with Crippen LogP contribution in [0.2, 0.25) is 10.0 Å². The van der Waals surface area contributed by atoms with E-state index in [1.165, 1.54) is 0 Å². The number of fused-ring (bicyclic) bond motifs is 4. The minimum absolute atomic E-state index is 0. The van der Waals surface area contributed by atoms with E-state index in [9.17, 15) is 13.2 Å². The molecule has 33 heavy (non-hydrogen) atoms. The van der Waals surface area contributed by atoms with Gasteiger partial charge in [0.1, 0.15) is 12.4 Å². The van der Waals surface area contributed by atoms with Crippen molar-refractivity contribution >= 4 is 44.8 Å². The lowest BCUT2D eigenvalue weighted by atomic mass is 10.1. The first-order chi connectivity index (χ1) is 15.3. The van der Waals surface area contributed by atoms with Crippen LogP contribution in [0.1, 0.15) is 24.1 Å². The standard InChI is InChI=1S/C23H20Cl2N2O4S.CH4/c24-19-9-6-16(12-20(19)25)13-22(28)26-11-10-17-2-1-3-21-23(17)27-32(29,30)18-7-4-15(5-8-18)14-31-21;/h1-9,12,27H,10-11,13-14H2,(H,26,28);1H4. The number of ether oxygens (including phenoxy) is 1. The lowest BCUT2D eigenvalue weighted by molar-refractivity contribution is -0.120. The number of benzene rings is 3. The van der Waals surface area contributed by atoms with Crippen molar-refractivity contribution in [2.45, 2.75) is 31.8 Å². The van der Waals surface area contributed by atoms with Crippen LogP contribution in [0.3, 0.4) is 0 Å². The van der Waals surface area contributed by atoms with Crippen molar-refractivity contribution in [3.63, 3.8) is 0 Å². The number of sulfonamides is 1. The van der Waals surface area contributed by atoms with Gasteiger partial charge in [-0.2, -0.15) is 0 Å². The third-order valence-electron chi connectivity index (χ3n) is 5.04. The molecule has 0 atom stereocenters. The Hall–Kier alpha value is -2.74. The van der Waals surface area contributed by atoms with Gasteiger partial charge in [-0.05, 0) is 53.4 Å². The van der Waals surface area contributed by atoms with Crippen LogP contribution in [0, 0.1) is 0 Å². The highest BCUT2D eigenvalue weighted by Gasteiger charge is 2.21. The number of amides is 1. The minimum Gasteiger partial charge on any atom is -0.487 e. The van der Waals surface area contributed by atoms with Crippen molar-refractivity contribution in [3.05, 3.63) is 87.4 Å². The number of halogens is 2. The van der Waals surface area contributed by atoms with Crippen molar-refractivity contribution in [2.24, 2.45) is 0 Å². The lowest BCUT2D eigenvalue weighted by Gasteiger charge is -2.19. The maximum absolute atomic E-state index is 12.8. The molecule has 3 aromatic rings. The second-order valence-electron chi connectivity index (χ2n) is 7.35.